The molecule has 3 aromatic carbocycles. The number of amides is 1. The van der Waals surface area contributed by atoms with Crippen molar-refractivity contribution in [3.05, 3.63) is 90.0 Å². The Morgan fingerprint density at radius 3 is 2.32 bits per heavy atom. The number of rotatable bonds is 8. The fourth-order valence-corrected chi connectivity index (χ4v) is 2.82. The lowest BCUT2D eigenvalue weighted by molar-refractivity contribution is 0.0951. The molecule has 0 atom stereocenters. The number of nitrogens with zero attached hydrogens (tertiary/aromatic N) is 1. The Balaban J connectivity index is 1.55. The van der Waals surface area contributed by atoms with Gasteiger partial charge in [-0.2, -0.15) is 0 Å². The highest BCUT2D eigenvalue weighted by Gasteiger charge is 2.06. The van der Waals surface area contributed by atoms with Crippen molar-refractivity contribution >= 4 is 5.91 Å². The highest BCUT2D eigenvalue weighted by atomic mass is 16.5. The maximum atomic E-state index is 12.4. The Bertz CT molecular complexity index is 890. The minimum Gasteiger partial charge on any atom is -0.492 e. The number of likely N-dealkylation sites (N-methyl/N-ethyl adjacent to an activating group) is 1. The molecule has 4 nitrogen and oxygen atoms in total. The molecule has 144 valence electrons. The van der Waals surface area contributed by atoms with Gasteiger partial charge in [0, 0.05) is 18.7 Å². The van der Waals surface area contributed by atoms with Crippen molar-refractivity contribution < 1.29 is 9.53 Å². The summed E-state index contributed by atoms with van der Waals surface area (Å²) in [6, 6.07) is 25.6. The van der Waals surface area contributed by atoms with Crippen molar-refractivity contribution in [2.24, 2.45) is 0 Å². The van der Waals surface area contributed by atoms with E-state index < -0.39 is 0 Å². The van der Waals surface area contributed by atoms with Crippen molar-refractivity contribution in [1.82, 2.24) is 10.2 Å². The summed E-state index contributed by atoms with van der Waals surface area (Å²) in [5.41, 5.74) is 3.90. The Kier molecular flexibility index (Phi) is 6.82. The van der Waals surface area contributed by atoms with Gasteiger partial charge in [-0.1, -0.05) is 54.6 Å². The van der Waals surface area contributed by atoms with E-state index in [1.165, 1.54) is 0 Å². The van der Waals surface area contributed by atoms with Crippen LogP contribution in [0.3, 0.4) is 0 Å². The quantitative estimate of drug-likeness (QED) is 0.642. The molecule has 0 aromatic heterocycles. The summed E-state index contributed by atoms with van der Waals surface area (Å²) in [4.78, 5) is 14.5. The summed E-state index contributed by atoms with van der Waals surface area (Å²) >= 11 is 0. The molecule has 0 aliphatic rings. The summed E-state index contributed by atoms with van der Waals surface area (Å²) in [6.45, 7) is 1.96. The smallest absolute Gasteiger partial charge is 0.251 e. The monoisotopic (exact) mass is 374 g/mol. The Labute approximate surface area is 166 Å². The van der Waals surface area contributed by atoms with Crippen molar-refractivity contribution in [2.75, 3.05) is 27.2 Å². The van der Waals surface area contributed by atoms with Crippen molar-refractivity contribution in [2.45, 2.75) is 6.54 Å². The van der Waals surface area contributed by atoms with Crippen LogP contribution in [0.4, 0.5) is 0 Å². The maximum Gasteiger partial charge on any atom is 0.251 e. The van der Waals surface area contributed by atoms with E-state index >= 15 is 0 Å². The Morgan fingerprint density at radius 2 is 1.61 bits per heavy atom. The summed E-state index contributed by atoms with van der Waals surface area (Å²) in [6.07, 6.45) is 0. The number of hydrogen-bond donors (Lipinski definition) is 1. The van der Waals surface area contributed by atoms with Gasteiger partial charge in [0.25, 0.3) is 5.91 Å². The van der Waals surface area contributed by atoms with E-state index in [4.69, 9.17) is 4.74 Å². The molecule has 0 saturated heterocycles. The summed E-state index contributed by atoms with van der Waals surface area (Å²) in [7, 11) is 4.03. The third kappa shape index (κ3) is 5.69. The molecular formula is C24H26N2O2. The zero-order valence-corrected chi connectivity index (χ0v) is 16.4. The second-order valence-electron chi connectivity index (χ2n) is 6.93. The molecule has 0 saturated carbocycles. The van der Waals surface area contributed by atoms with Gasteiger partial charge in [-0.05, 0) is 55.1 Å². The van der Waals surface area contributed by atoms with Crippen molar-refractivity contribution in [1.29, 1.82) is 0 Å². The Hall–Kier alpha value is -3.11. The predicted molar refractivity (Wildman–Crippen MR) is 114 cm³/mol. The van der Waals surface area contributed by atoms with Gasteiger partial charge in [-0.25, -0.2) is 0 Å². The lowest BCUT2D eigenvalue weighted by Crippen LogP contribution is -2.22. The third-order valence-corrected chi connectivity index (χ3v) is 4.41. The molecule has 0 radical (unpaired) electrons. The van der Waals surface area contributed by atoms with E-state index in [-0.39, 0.29) is 5.91 Å². The summed E-state index contributed by atoms with van der Waals surface area (Å²) < 4.78 is 5.75. The van der Waals surface area contributed by atoms with E-state index in [1.54, 1.807) is 0 Å². The number of carbonyl (C=O) groups excluding carboxylic acids is 1. The molecule has 0 heterocycles. The topological polar surface area (TPSA) is 41.6 Å². The predicted octanol–water partition coefficient (Wildman–Crippen LogP) is 4.22. The molecule has 3 rings (SSSR count). The van der Waals surface area contributed by atoms with Crippen LogP contribution in [0.25, 0.3) is 11.1 Å². The molecule has 28 heavy (non-hydrogen) atoms. The number of nitrogens with one attached hydrogen (secondary N) is 1. The summed E-state index contributed by atoms with van der Waals surface area (Å²) in [5, 5.41) is 2.97. The number of ether oxygens (including phenoxy) is 1. The minimum atomic E-state index is -0.0847. The van der Waals surface area contributed by atoms with Gasteiger partial charge < -0.3 is 15.0 Å². The molecule has 4 heteroatoms. The molecule has 0 unspecified atom stereocenters. The highest BCUT2D eigenvalue weighted by molar-refractivity contribution is 5.94. The molecule has 0 spiro atoms. The second kappa shape index (κ2) is 9.72. The van der Waals surface area contributed by atoms with Crippen LogP contribution in [0.2, 0.25) is 0 Å². The van der Waals surface area contributed by atoms with Gasteiger partial charge in [0.1, 0.15) is 12.4 Å². The van der Waals surface area contributed by atoms with Crippen LogP contribution in [0, 0.1) is 0 Å². The molecule has 0 aliphatic carbocycles. The first-order valence-electron chi connectivity index (χ1n) is 9.42. The molecular weight excluding hydrogens is 348 g/mol. The van der Waals surface area contributed by atoms with E-state index in [1.807, 2.05) is 80.8 Å². The van der Waals surface area contributed by atoms with Crippen LogP contribution in [0.15, 0.2) is 78.9 Å². The van der Waals surface area contributed by atoms with Gasteiger partial charge >= 0.3 is 0 Å². The van der Waals surface area contributed by atoms with Gasteiger partial charge in [0.05, 0.1) is 0 Å². The normalized spacial score (nSPS) is 10.7. The van der Waals surface area contributed by atoms with Crippen LogP contribution >= 0.6 is 0 Å². The van der Waals surface area contributed by atoms with Gasteiger partial charge in [-0.3, -0.25) is 4.79 Å². The standard InChI is InChI=1S/C24H26N2O2/c1-26(2)15-16-28-23-10-6-7-19(17-23)18-25-24(27)22-13-11-21(12-14-22)20-8-4-3-5-9-20/h3-14,17H,15-16,18H2,1-2H3,(H,25,27). The number of hydrogen-bond acceptors (Lipinski definition) is 3. The first-order chi connectivity index (χ1) is 13.6. The first kappa shape index (κ1) is 19.6. The molecule has 1 amide bonds. The zero-order valence-electron chi connectivity index (χ0n) is 16.4. The van der Waals surface area contributed by atoms with Crippen molar-refractivity contribution in [3.8, 4) is 16.9 Å². The fraction of sp³-hybridized carbons (Fsp3) is 0.208. The lowest BCUT2D eigenvalue weighted by atomic mass is 10.0. The van der Waals surface area contributed by atoms with E-state index in [0.29, 0.717) is 18.7 Å². The van der Waals surface area contributed by atoms with Crippen molar-refractivity contribution in [3.63, 3.8) is 0 Å². The molecule has 0 fully saturated rings. The zero-order chi connectivity index (χ0) is 19.8. The fourth-order valence-electron chi connectivity index (χ4n) is 2.82. The van der Waals surface area contributed by atoms with E-state index in [9.17, 15) is 4.79 Å². The van der Waals surface area contributed by atoms with Gasteiger partial charge in [0.15, 0.2) is 0 Å². The minimum absolute atomic E-state index is 0.0847. The highest BCUT2D eigenvalue weighted by Crippen LogP contribution is 2.19. The van der Waals surface area contributed by atoms with Crippen LogP contribution < -0.4 is 10.1 Å². The second-order valence-corrected chi connectivity index (χ2v) is 6.93. The van der Waals surface area contributed by atoms with E-state index in [2.05, 4.69) is 22.3 Å². The van der Waals surface area contributed by atoms with Gasteiger partial charge in [0.2, 0.25) is 0 Å². The Morgan fingerprint density at radius 1 is 0.893 bits per heavy atom. The van der Waals surface area contributed by atoms with E-state index in [0.717, 1.165) is 29.0 Å². The molecule has 1 N–H and O–H groups in total. The average molecular weight is 374 g/mol. The number of benzene rings is 3. The van der Waals surface area contributed by atoms with Crippen LogP contribution in [0.5, 0.6) is 5.75 Å². The largest absolute Gasteiger partial charge is 0.492 e. The molecule has 3 aromatic rings. The summed E-state index contributed by atoms with van der Waals surface area (Å²) in [5.74, 6) is 0.736. The maximum absolute atomic E-state index is 12.4. The van der Waals surface area contributed by atoms with Gasteiger partial charge in [-0.15, -0.1) is 0 Å². The lowest BCUT2D eigenvalue weighted by Gasteiger charge is -2.12. The van der Waals surface area contributed by atoms with Crippen LogP contribution in [-0.4, -0.2) is 38.1 Å². The molecule has 0 bridgehead atoms. The third-order valence-electron chi connectivity index (χ3n) is 4.41. The number of carbonyl (C=O) groups is 1. The van der Waals surface area contributed by atoms with Crippen LogP contribution in [0.1, 0.15) is 15.9 Å². The SMILES string of the molecule is CN(C)CCOc1cccc(CNC(=O)c2ccc(-c3ccccc3)cc2)c1. The average Bonchev–Trinajstić information content (AvgIpc) is 2.73. The molecule has 0 aliphatic heterocycles. The van der Waals surface area contributed by atoms with Crippen LogP contribution in [-0.2, 0) is 6.54 Å². The first-order valence-corrected chi connectivity index (χ1v) is 9.42.